The number of benzene rings is 2. The van der Waals surface area contributed by atoms with Gasteiger partial charge in [0.2, 0.25) is 5.91 Å². The molecule has 1 heterocycles. The third kappa shape index (κ3) is 5.58. The van der Waals surface area contributed by atoms with Crippen LogP contribution in [0.5, 0.6) is 11.5 Å². The first-order valence-electron chi connectivity index (χ1n) is 12.2. The van der Waals surface area contributed by atoms with Crippen molar-refractivity contribution in [2.24, 2.45) is 0 Å². The maximum Gasteiger partial charge on any atom is 0.325 e. The van der Waals surface area contributed by atoms with Gasteiger partial charge in [-0.3, -0.25) is 14.5 Å². The fourth-order valence-electron chi connectivity index (χ4n) is 4.29. The summed E-state index contributed by atoms with van der Waals surface area (Å²) in [6.45, 7) is 6.97. The Morgan fingerprint density at radius 1 is 1.03 bits per heavy atom. The number of ether oxygens (including phenoxy) is 2. The molecule has 4 amide bonds. The Bertz CT molecular complexity index is 1040. The van der Waals surface area contributed by atoms with E-state index in [1.165, 1.54) is 0 Å². The summed E-state index contributed by atoms with van der Waals surface area (Å²) in [5.41, 5.74) is 0.422. The molecule has 8 heteroatoms. The van der Waals surface area contributed by atoms with Gasteiger partial charge in [0.05, 0.1) is 13.7 Å². The second kappa shape index (κ2) is 11.7. The lowest BCUT2D eigenvalue weighted by atomic mass is 9.87. The number of carbonyl (C=O) groups excluding carboxylic acids is 3. The van der Waals surface area contributed by atoms with Gasteiger partial charge >= 0.3 is 6.03 Å². The van der Waals surface area contributed by atoms with Crippen molar-refractivity contribution in [2.75, 3.05) is 26.8 Å². The molecule has 1 aliphatic heterocycles. The second-order valence-corrected chi connectivity index (χ2v) is 8.60. The topological polar surface area (TPSA) is 88.2 Å². The van der Waals surface area contributed by atoms with Crippen molar-refractivity contribution in [1.82, 2.24) is 15.1 Å². The molecule has 1 saturated heterocycles. The first kappa shape index (κ1) is 26.1. The average Bonchev–Trinajstić information content (AvgIpc) is 3.13. The summed E-state index contributed by atoms with van der Waals surface area (Å²) in [6.07, 6.45) is 2.01. The summed E-state index contributed by atoms with van der Waals surface area (Å²) < 4.78 is 11.2. The van der Waals surface area contributed by atoms with Crippen molar-refractivity contribution in [3.63, 3.8) is 0 Å². The third-order valence-electron chi connectivity index (χ3n) is 6.18. The Morgan fingerprint density at radius 2 is 1.77 bits per heavy atom. The molecule has 0 bridgehead atoms. The number of rotatable bonds is 12. The Kier molecular flexibility index (Phi) is 8.73. The summed E-state index contributed by atoms with van der Waals surface area (Å²) >= 11 is 0. The van der Waals surface area contributed by atoms with Gasteiger partial charge in [-0.15, -0.1) is 0 Å². The first-order chi connectivity index (χ1) is 16.9. The highest BCUT2D eigenvalue weighted by atomic mass is 16.5. The largest absolute Gasteiger partial charge is 0.493 e. The number of nitrogens with zero attached hydrogens (tertiary/aromatic N) is 2. The van der Waals surface area contributed by atoms with Gasteiger partial charge in [0.1, 0.15) is 12.1 Å². The maximum atomic E-state index is 13.4. The highest BCUT2D eigenvalue weighted by molar-refractivity contribution is 6.09. The number of urea groups is 1. The smallest absolute Gasteiger partial charge is 0.325 e. The van der Waals surface area contributed by atoms with Crippen molar-refractivity contribution >= 4 is 17.8 Å². The molecule has 0 aromatic heterocycles. The molecule has 1 N–H and O–H groups in total. The van der Waals surface area contributed by atoms with Crippen LogP contribution in [0.25, 0.3) is 0 Å². The predicted octanol–water partition coefficient (Wildman–Crippen LogP) is 4.08. The number of hydrogen-bond acceptors (Lipinski definition) is 5. The Hall–Kier alpha value is -3.55. The fourth-order valence-corrected chi connectivity index (χ4v) is 4.29. The van der Waals surface area contributed by atoms with Crippen LogP contribution >= 0.6 is 0 Å². The van der Waals surface area contributed by atoms with Crippen LogP contribution in [0.15, 0.2) is 48.5 Å². The zero-order valence-corrected chi connectivity index (χ0v) is 21.0. The second-order valence-electron chi connectivity index (χ2n) is 8.60. The minimum absolute atomic E-state index is 0.291. The zero-order valence-electron chi connectivity index (χ0n) is 21.0. The summed E-state index contributed by atoms with van der Waals surface area (Å²) in [6, 6.07) is 14.2. The third-order valence-corrected chi connectivity index (χ3v) is 6.18. The van der Waals surface area contributed by atoms with Gasteiger partial charge < -0.3 is 19.7 Å². The lowest BCUT2D eigenvalue weighted by molar-refractivity contribution is -0.139. The van der Waals surface area contributed by atoms with Crippen LogP contribution in [0.1, 0.15) is 51.2 Å². The van der Waals surface area contributed by atoms with Crippen LogP contribution in [0.4, 0.5) is 4.79 Å². The summed E-state index contributed by atoms with van der Waals surface area (Å²) in [5.74, 6) is 0.563. The standard InChI is InChI=1S/C27H35N3O5/c1-5-15-29(18-20-13-14-22(35-16-6-2)23(17-20)34-4)24(31)19-30-25(32)27(7-3,28-26(30)33)21-11-9-8-10-12-21/h8-14,17H,5-7,15-16,18-19H2,1-4H3,(H,28,33). The molecule has 188 valence electrons. The van der Waals surface area contributed by atoms with Gasteiger partial charge in [-0.05, 0) is 42.5 Å². The monoisotopic (exact) mass is 481 g/mol. The lowest BCUT2D eigenvalue weighted by Gasteiger charge is -2.27. The fraction of sp³-hybridized carbons (Fsp3) is 0.444. The molecule has 35 heavy (non-hydrogen) atoms. The molecule has 0 spiro atoms. The molecule has 2 aromatic rings. The highest BCUT2D eigenvalue weighted by Gasteiger charge is 2.51. The SMILES string of the molecule is CCCOc1ccc(CN(CCC)C(=O)CN2C(=O)NC(CC)(c3ccccc3)C2=O)cc1OC. The number of methoxy groups -OCH3 is 1. The van der Waals surface area contributed by atoms with Crippen LogP contribution in [-0.2, 0) is 21.7 Å². The van der Waals surface area contributed by atoms with Gasteiger partial charge in [-0.25, -0.2) is 4.79 Å². The predicted molar refractivity (Wildman–Crippen MR) is 133 cm³/mol. The van der Waals surface area contributed by atoms with Crippen molar-refractivity contribution in [3.05, 3.63) is 59.7 Å². The minimum Gasteiger partial charge on any atom is -0.493 e. The molecule has 0 saturated carbocycles. The van der Waals surface area contributed by atoms with Crippen molar-refractivity contribution in [1.29, 1.82) is 0 Å². The van der Waals surface area contributed by atoms with Gasteiger partial charge in [0.15, 0.2) is 11.5 Å². The molecule has 0 radical (unpaired) electrons. The minimum atomic E-state index is -1.16. The summed E-state index contributed by atoms with van der Waals surface area (Å²) in [5, 5.41) is 2.83. The number of amides is 4. The number of nitrogens with one attached hydrogen (secondary N) is 1. The van der Waals surface area contributed by atoms with Crippen LogP contribution in [-0.4, -0.2) is 54.5 Å². The zero-order chi connectivity index (χ0) is 25.4. The Morgan fingerprint density at radius 3 is 2.40 bits per heavy atom. The van der Waals surface area contributed by atoms with E-state index in [9.17, 15) is 14.4 Å². The van der Waals surface area contributed by atoms with Gasteiger partial charge in [-0.1, -0.05) is 57.2 Å². The van der Waals surface area contributed by atoms with Crippen LogP contribution in [0, 0.1) is 0 Å². The highest BCUT2D eigenvalue weighted by Crippen LogP contribution is 2.32. The first-order valence-corrected chi connectivity index (χ1v) is 12.2. The average molecular weight is 482 g/mol. The molecule has 0 aliphatic carbocycles. The van der Waals surface area contributed by atoms with E-state index in [0.717, 1.165) is 23.3 Å². The molecule has 1 atom stereocenters. The molecule has 3 rings (SSSR count). The molecule has 1 fully saturated rings. The lowest BCUT2D eigenvalue weighted by Crippen LogP contribution is -2.45. The summed E-state index contributed by atoms with van der Waals surface area (Å²) in [7, 11) is 1.58. The molecule has 1 unspecified atom stereocenters. The van der Waals surface area contributed by atoms with Crippen LogP contribution in [0.2, 0.25) is 0 Å². The molecule has 2 aromatic carbocycles. The van der Waals surface area contributed by atoms with Gasteiger partial charge in [0, 0.05) is 13.1 Å². The molecular weight excluding hydrogens is 446 g/mol. The van der Waals surface area contributed by atoms with Gasteiger partial charge in [0.25, 0.3) is 5.91 Å². The number of imide groups is 1. The molecule has 8 nitrogen and oxygen atoms in total. The van der Waals surface area contributed by atoms with E-state index >= 15 is 0 Å². The van der Waals surface area contributed by atoms with E-state index in [0.29, 0.717) is 43.2 Å². The summed E-state index contributed by atoms with van der Waals surface area (Å²) in [4.78, 5) is 42.2. The van der Waals surface area contributed by atoms with Gasteiger partial charge in [-0.2, -0.15) is 0 Å². The van der Waals surface area contributed by atoms with Crippen LogP contribution in [0.3, 0.4) is 0 Å². The number of hydrogen-bond donors (Lipinski definition) is 1. The van der Waals surface area contributed by atoms with Crippen molar-refractivity contribution < 1.29 is 23.9 Å². The van der Waals surface area contributed by atoms with E-state index in [4.69, 9.17) is 9.47 Å². The normalized spacial score (nSPS) is 17.3. The molecule has 1 aliphatic rings. The van der Waals surface area contributed by atoms with Crippen molar-refractivity contribution in [2.45, 2.75) is 52.1 Å². The van der Waals surface area contributed by atoms with E-state index < -0.39 is 17.5 Å². The quantitative estimate of drug-likeness (QED) is 0.462. The maximum absolute atomic E-state index is 13.4. The molecular formula is C27H35N3O5. The Labute approximate surface area is 207 Å². The Balaban J connectivity index is 1.76. The van der Waals surface area contributed by atoms with E-state index in [-0.39, 0.29) is 12.5 Å². The van der Waals surface area contributed by atoms with Crippen molar-refractivity contribution in [3.8, 4) is 11.5 Å². The number of carbonyl (C=O) groups is 3. The van der Waals surface area contributed by atoms with E-state index in [1.54, 1.807) is 12.0 Å². The van der Waals surface area contributed by atoms with Crippen LogP contribution < -0.4 is 14.8 Å². The van der Waals surface area contributed by atoms with E-state index in [1.807, 2.05) is 69.3 Å². The van der Waals surface area contributed by atoms with E-state index in [2.05, 4.69) is 5.32 Å².